The summed E-state index contributed by atoms with van der Waals surface area (Å²) in [7, 11) is 0. The third-order valence-corrected chi connectivity index (χ3v) is 3.65. The fraction of sp³-hybridized carbons (Fsp3) is 0.133. The Bertz CT molecular complexity index is 1030. The van der Waals surface area contributed by atoms with E-state index >= 15 is 0 Å². The Balaban J connectivity index is 1.74. The highest BCUT2D eigenvalue weighted by molar-refractivity contribution is 6.33. The van der Waals surface area contributed by atoms with Gasteiger partial charge >= 0.3 is 11.9 Å². The minimum absolute atomic E-state index is 0.266. The van der Waals surface area contributed by atoms with Crippen LogP contribution in [0.15, 0.2) is 47.4 Å². The van der Waals surface area contributed by atoms with Gasteiger partial charge in [0.05, 0.1) is 16.3 Å². The number of nitrogens with zero attached hydrogens (tertiary/aromatic N) is 5. The second-order valence-electron chi connectivity index (χ2n) is 5.27. The van der Waals surface area contributed by atoms with Crippen molar-refractivity contribution in [2.24, 2.45) is 0 Å². The van der Waals surface area contributed by atoms with Crippen LogP contribution in [0, 0.1) is 0 Å². The summed E-state index contributed by atoms with van der Waals surface area (Å²) in [6.45, 7) is -0.523. The molecular formula is C15H10ClF3N6O2. The van der Waals surface area contributed by atoms with E-state index in [9.17, 15) is 22.8 Å². The number of hydrogen-bond acceptors (Lipinski definition) is 5. The summed E-state index contributed by atoms with van der Waals surface area (Å²) in [6, 6.07) is 9.06. The van der Waals surface area contributed by atoms with Crippen LogP contribution in [0.4, 0.5) is 19.0 Å². The van der Waals surface area contributed by atoms with Crippen molar-refractivity contribution in [1.29, 1.82) is 0 Å². The molecule has 8 nitrogen and oxygen atoms in total. The van der Waals surface area contributed by atoms with Gasteiger partial charge in [0.25, 0.3) is 0 Å². The van der Waals surface area contributed by atoms with E-state index in [0.29, 0.717) is 18.0 Å². The van der Waals surface area contributed by atoms with E-state index in [-0.39, 0.29) is 5.82 Å². The third-order valence-electron chi connectivity index (χ3n) is 3.36. The Morgan fingerprint density at radius 3 is 2.52 bits per heavy atom. The van der Waals surface area contributed by atoms with Gasteiger partial charge in [0.1, 0.15) is 6.54 Å². The van der Waals surface area contributed by atoms with Crippen LogP contribution in [0.2, 0.25) is 5.02 Å². The summed E-state index contributed by atoms with van der Waals surface area (Å²) in [5.41, 5.74) is -1.25. The third kappa shape index (κ3) is 4.14. The number of rotatable bonds is 4. The number of alkyl halides is 3. The fourth-order valence-electron chi connectivity index (χ4n) is 2.10. The molecule has 1 aromatic carbocycles. The first kappa shape index (κ1) is 18.6. The summed E-state index contributed by atoms with van der Waals surface area (Å²) in [5, 5.41) is 9.11. The summed E-state index contributed by atoms with van der Waals surface area (Å²) < 4.78 is 39.6. The highest BCUT2D eigenvalue weighted by Crippen LogP contribution is 2.32. The highest BCUT2D eigenvalue weighted by atomic mass is 35.5. The van der Waals surface area contributed by atoms with Gasteiger partial charge in [0, 0.05) is 6.20 Å². The van der Waals surface area contributed by atoms with Crippen molar-refractivity contribution in [2.75, 3.05) is 5.32 Å². The van der Waals surface area contributed by atoms with Gasteiger partial charge in [0.15, 0.2) is 5.82 Å². The van der Waals surface area contributed by atoms with Gasteiger partial charge in [-0.25, -0.2) is 9.78 Å². The van der Waals surface area contributed by atoms with Crippen molar-refractivity contribution >= 4 is 23.3 Å². The van der Waals surface area contributed by atoms with Crippen LogP contribution in [0.25, 0.3) is 5.69 Å². The number of carbonyl (C=O) groups excluding carboxylic acids is 1. The van der Waals surface area contributed by atoms with Crippen LogP contribution in [0.3, 0.4) is 0 Å². The lowest BCUT2D eigenvalue weighted by Crippen LogP contribution is -2.30. The number of hydrogen-bond donors (Lipinski definition) is 1. The minimum atomic E-state index is -4.61. The lowest BCUT2D eigenvalue weighted by molar-refractivity contribution is -0.137. The molecule has 3 aromatic rings. The Morgan fingerprint density at radius 1 is 1.19 bits per heavy atom. The topological polar surface area (TPSA) is 94.7 Å². The van der Waals surface area contributed by atoms with Gasteiger partial charge in [-0.15, -0.1) is 0 Å². The monoisotopic (exact) mass is 398 g/mol. The number of nitrogens with one attached hydrogen (secondary N) is 1. The van der Waals surface area contributed by atoms with Crippen LogP contribution < -0.4 is 11.0 Å². The highest BCUT2D eigenvalue weighted by Gasteiger charge is 2.31. The van der Waals surface area contributed by atoms with E-state index < -0.39 is 34.9 Å². The lowest BCUT2D eigenvalue weighted by Gasteiger charge is -2.09. The van der Waals surface area contributed by atoms with Crippen LogP contribution >= 0.6 is 11.6 Å². The average molecular weight is 399 g/mol. The summed E-state index contributed by atoms with van der Waals surface area (Å²) in [4.78, 5) is 27.8. The molecule has 27 heavy (non-hydrogen) atoms. The van der Waals surface area contributed by atoms with E-state index in [4.69, 9.17) is 11.6 Å². The van der Waals surface area contributed by atoms with Gasteiger partial charge in [-0.2, -0.15) is 22.5 Å². The van der Waals surface area contributed by atoms with Crippen LogP contribution in [-0.4, -0.2) is 30.7 Å². The lowest BCUT2D eigenvalue weighted by atomic mass is 10.3. The summed E-state index contributed by atoms with van der Waals surface area (Å²) in [5.74, 6) is -1.02. The van der Waals surface area contributed by atoms with E-state index in [1.54, 1.807) is 30.3 Å². The molecule has 0 aliphatic heterocycles. The molecule has 0 saturated heterocycles. The standard InChI is InChI=1S/C15H10ClF3N6O2/c16-11-6-9(15(17,18)19)7-20-13(11)21-12(26)8-24-14(27)25(23-22-24)10-4-2-1-3-5-10/h1-7H,8H2,(H,20,21,26). The van der Waals surface area contributed by atoms with Gasteiger partial charge in [-0.1, -0.05) is 29.8 Å². The van der Waals surface area contributed by atoms with E-state index in [0.717, 1.165) is 9.36 Å². The summed E-state index contributed by atoms with van der Waals surface area (Å²) in [6.07, 6.45) is -4.07. The molecule has 3 rings (SSSR count). The number of aromatic nitrogens is 5. The van der Waals surface area contributed by atoms with E-state index in [1.165, 1.54) is 0 Å². The van der Waals surface area contributed by atoms with Crippen molar-refractivity contribution in [3.05, 3.63) is 63.7 Å². The molecule has 0 saturated carbocycles. The van der Waals surface area contributed by atoms with Crippen molar-refractivity contribution in [3.63, 3.8) is 0 Å². The largest absolute Gasteiger partial charge is 0.417 e. The van der Waals surface area contributed by atoms with Crippen LogP contribution in [-0.2, 0) is 17.5 Å². The number of halogens is 4. The SMILES string of the molecule is O=C(Cn1nnn(-c2ccccc2)c1=O)Nc1ncc(C(F)(F)F)cc1Cl. The molecule has 0 unspecified atom stereocenters. The minimum Gasteiger partial charge on any atom is -0.308 e. The first-order chi connectivity index (χ1) is 12.8. The normalized spacial score (nSPS) is 11.4. The number of tetrazole rings is 1. The Labute approximate surface area is 154 Å². The maximum Gasteiger partial charge on any atom is 0.417 e. The zero-order valence-corrected chi connectivity index (χ0v) is 14.1. The number of anilines is 1. The molecular weight excluding hydrogens is 389 g/mol. The van der Waals surface area contributed by atoms with Crippen molar-refractivity contribution in [3.8, 4) is 5.69 Å². The predicted octanol–water partition coefficient (Wildman–Crippen LogP) is 2.13. The Hall–Kier alpha value is -3.21. The predicted molar refractivity (Wildman–Crippen MR) is 88.5 cm³/mol. The van der Waals surface area contributed by atoms with Gasteiger partial charge < -0.3 is 5.32 Å². The number of pyridine rings is 1. The van der Waals surface area contributed by atoms with E-state index in [1.807, 2.05) is 0 Å². The Morgan fingerprint density at radius 2 is 1.89 bits per heavy atom. The van der Waals surface area contributed by atoms with Crippen LogP contribution in [0.5, 0.6) is 0 Å². The fourth-order valence-corrected chi connectivity index (χ4v) is 2.31. The molecule has 1 amide bonds. The van der Waals surface area contributed by atoms with Gasteiger partial charge in [0.2, 0.25) is 5.91 Å². The Kier molecular flexibility index (Phi) is 4.95. The first-order valence-corrected chi connectivity index (χ1v) is 7.74. The zero-order valence-electron chi connectivity index (χ0n) is 13.3. The molecule has 0 aliphatic carbocycles. The second kappa shape index (κ2) is 7.19. The molecule has 12 heteroatoms. The number of amides is 1. The molecule has 0 spiro atoms. The van der Waals surface area contributed by atoms with E-state index in [2.05, 4.69) is 20.7 Å². The molecule has 140 valence electrons. The van der Waals surface area contributed by atoms with Crippen molar-refractivity contribution < 1.29 is 18.0 Å². The first-order valence-electron chi connectivity index (χ1n) is 7.36. The quantitative estimate of drug-likeness (QED) is 0.726. The average Bonchev–Trinajstić information content (AvgIpc) is 2.97. The van der Waals surface area contributed by atoms with Crippen LogP contribution in [0.1, 0.15) is 5.56 Å². The van der Waals surface area contributed by atoms with Crippen molar-refractivity contribution in [2.45, 2.75) is 12.7 Å². The molecule has 0 aliphatic rings. The zero-order chi connectivity index (χ0) is 19.6. The maximum atomic E-state index is 12.6. The van der Waals surface area contributed by atoms with Gasteiger partial charge in [-0.05, 0) is 28.6 Å². The molecule has 2 aromatic heterocycles. The molecule has 0 radical (unpaired) electrons. The molecule has 0 fully saturated rings. The number of carbonyl (C=O) groups is 1. The molecule has 0 bridgehead atoms. The number of para-hydroxylation sites is 1. The smallest absolute Gasteiger partial charge is 0.308 e. The summed E-state index contributed by atoms with van der Waals surface area (Å²) >= 11 is 5.72. The molecule has 2 heterocycles. The maximum absolute atomic E-state index is 12.6. The molecule has 0 atom stereocenters. The molecule has 1 N–H and O–H groups in total. The second-order valence-corrected chi connectivity index (χ2v) is 5.67. The van der Waals surface area contributed by atoms with Gasteiger partial charge in [-0.3, -0.25) is 4.79 Å². The number of benzene rings is 1. The van der Waals surface area contributed by atoms with Crippen molar-refractivity contribution in [1.82, 2.24) is 24.8 Å².